The van der Waals surface area contributed by atoms with Gasteiger partial charge in [-0.1, -0.05) is 54.1 Å². The number of fused-ring (bicyclic) bond motifs is 1. The number of ether oxygens (including phenoxy) is 1. The van der Waals surface area contributed by atoms with Crippen LogP contribution in [0.1, 0.15) is 32.6 Å². The Balaban J connectivity index is 1.52. The fourth-order valence-corrected chi connectivity index (χ4v) is 5.09. The second-order valence-corrected chi connectivity index (χ2v) is 10.2. The zero-order valence-electron chi connectivity index (χ0n) is 19.3. The summed E-state index contributed by atoms with van der Waals surface area (Å²) in [5, 5.41) is 23.2. The number of aryl methyl sites for hydroxylation is 1. The first kappa shape index (κ1) is 24.1. The molecule has 3 aromatic carbocycles. The van der Waals surface area contributed by atoms with Gasteiger partial charge in [0.25, 0.3) is 5.91 Å². The molecule has 0 aromatic heterocycles. The maximum absolute atomic E-state index is 13.2. The minimum absolute atomic E-state index is 0.302. The molecule has 1 amide bonds. The van der Waals surface area contributed by atoms with Crippen molar-refractivity contribution in [3.63, 3.8) is 0 Å². The van der Waals surface area contributed by atoms with Crippen LogP contribution in [-0.2, 0) is 30.1 Å². The smallest absolute Gasteiger partial charge is 0.252 e. The van der Waals surface area contributed by atoms with Crippen molar-refractivity contribution in [2.75, 3.05) is 12.9 Å². The van der Waals surface area contributed by atoms with Crippen molar-refractivity contribution >= 4 is 16.7 Å². The molecule has 0 bridgehead atoms. The molecular formula is C27H29NO5S. The Morgan fingerprint density at radius 3 is 2.38 bits per heavy atom. The van der Waals surface area contributed by atoms with E-state index in [1.807, 2.05) is 49.4 Å². The lowest BCUT2D eigenvalue weighted by Crippen LogP contribution is -2.57. The number of rotatable bonds is 8. The number of carbonyl (C=O) groups is 1. The van der Waals surface area contributed by atoms with Crippen LogP contribution in [0.2, 0.25) is 0 Å². The van der Waals surface area contributed by atoms with Crippen LogP contribution >= 0.6 is 0 Å². The summed E-state index contributed by atoms with van der Waals surface area (Å²) < 4.78 is 18.2. The van der Waals surface area contributed by atoms with Gasteiger partial charge in [0.15, 0.2) is 6.29 Å². The topological polar surface area (TPSA) is 95.9 Å². The Bertz CT molecular complexity index is 1200. The Morgan fingerprint density at radius 1 is 1.06 bits per heavy atom. The molecule has 1 aliphatic rings. The van der Waals surface area contributed by atoms with Gasteiger partial charge in [-0.3, -0.25) is 9.00 Å². The van der Waals surface area contributed by atoms with Gasteiger partial charge in [-0.05, 0) is 41.8 Å². The molecule has 34 heavy (non-hydrogen) atoms. The third kappa shape index (κ3) is 5.22. The summed E-state index contributed by atoms with van der Waals surface area (Å²) in [4.78, 5) is 13.7. The number of aliphatic hydroxyl groups is 2. The lowest BCUT2D eigenvalue weighted by Gasteiger charge is -2.32. The third-order valence-corrected chi connectivity index (χ3v) is 7.19. The SMILES string of the molecule is Cc1cccc(CCOc2cc(C(=O)NC3(C(O)O)Cc4ccccc4C3)ccc2S(C)=O)c1. The van der Waals surface area contributed by atoms with E-state index in [2.05, 4.69) is 11.4 Å². The molecule has 7 heteroatoms. The van der Waals surface area contributed by atoms with Crippen LogP contribution in [0.3, 0.4) is 0 Å². The molecule has 3 aromatic rings. The number of benzene rings is 3. The van der Waals surface area contributed by atoms with Gasteiger partial charge in [0, 0.05) is 31.1 Å². The minimum Gasteiger partial charge on any atom is -0.492 e. The van der Waals surface area contributed by atoms with Gasteiger partial charge in [0.2, 0.25) is 0 Å². The summed E-state index contributed by atoms with van der Waals surface area (Å²) in [6.45, 7) is 2.40. The maximum atomic E-state index is 13.2. The van der Waals surface area contributed by atoms with Crippen molar-refractivity contribution < 1.29 is 24.0 Å². The Hall–Kier alpha value is -3.00. The van der Waals surface area contributed by atoms with Crippen LogP contribution in [0.5, 0.6) is 5.75 Å². The highest BCUT2D eigenvalue weighted by atomic mass is 32.2. The first-order chi connectivity index (χ1) is 16.3. The number of hydrogen-bond acceptors (Lipinski definition) is 5. The summed E-state index contributed by atoms with van der Waals surface area (Å²) in [6, 6.07) is 20.6. The van der Waals surface area contributed by atoms with Gasteiger partial charge in [-0.15, -0.1) is 0 Å². The molecule has 3 N–H and O–H groups in total. The van der Waals surface area contributed by atoms with Gasteiger partial charge < -0.3 is 20.3 Å². The van der Waals surface area contributed by atoms with E-state index >= 15 is 0 Å². The molecule has 0 saturated heterocycles. The van der Waals surface area contributed by atoms with E-state index in [0.717, 1.165) is 16.7 Å². The van der Waals surface area contributed by atoms with Crippen molar-refractivity contribution in [2.45, 2.75) is 42.9 Å². The summed E-state index contributed by atoms with van der Waals surface area (Å²) in [7, 11) is -1.30. The number of carbonyl (C=O) groups excluding carboxylic acids is 1. The molecule has 0 saturated carbocycles. The second-order valence-electron chi connectivity index (χ2n) is 8.81. The molecule has 0 heterocycles. The number of hydrogen-bond donors (Lipinski definition) is 3. The molecule has 1 atom stereocenters. The van der Waals surface area contributed by atoms with Crippen LogP contribution in [-0.4, -0.2) is 45.0 Å². The van der Waals surface area contributed by atoms with E-state index in [4.69, 9.17) is 4.74 Å². The Morgan fingerprint density at radius 2 is 1.76 bits per heavy atom. The monoisotopic (exact) mass is 479 g/mol. The molecule has 4 rings (SSSR count). The van der Waals surface area contributed by atoms with E-state index in [1.165, 1.54) is 5.56 Å². The number of aliphatic hydroxyl groups excluding tert-OH is 1. The van der Waals surface area contributed by atoms with Crippen LogP contribution in [0.25, 0.3) is 0 Å². The van der Waals surface area contributed by atoms with E-state index in [0.29, 0.717) is 42.1 Å². The highest BCUT2D eigenvalue weighted by molar-refractivity contribution is 7.84. The highest BCUT2D eigenvalue weighted by Crippen LogP contribution is 2.33. The molecule has 0 fully saturated rings. The summed E-state index contributed by atoms with van der Waals surface area (Å²) in [5.41, 5.74) is 3.35. The Kier molecular flexibility index (Phi) is 7.16. The average molecular weight is 480 g/mol. The molecule has 0 spiro atoms. The van der Waals surface area contributed by atoms with Gasteiger partial charge in [-0.2, -0.15) is 0 Å². The van der Waals surface area contributed by atoms with E-state index in [1.54, 1.807) is 24.5 Å². The highest BCUT2D eigenvalue weighted by Gasteiger charge is 2.44. The standard InChI is InChI=1S/C27H29NO5S/c1-18-6-5-7-19(14-18)12-13-33-23-15-20(10-11-24(23)34(2)32)25(29)28-27(26(30)31)16-21-8-3-4-9-22(21)17-27/h3-11,14-15,26,30-31H,12-13,16-17H2,1-2H3,(H,28,29). The lowest BCUT2D eigenvalue weighted by atomic mass is 9.94. The van der Waals surface area contributed by atoms with Gasteiger partial charge >= 0.3 is 0 Å². The van der Waals surface area contributed by atoms with E-state index in [-0.39, 0.29) is 0 Å². The van der Waals surface area contributed by atoms with E-state index < -0.39 is 28.5 Å². The zero-order valence-corrected chi connectivity index (χ0v) is 20.1. The molecule has 0 aliphatic heterocycles. The summed E-state index contributed by atoms with van der Waals surface area (Å²) >= 11 is 0. The molecule has 0 radical (unpaired) electrons. The fourth-order valence-electron chi connectivity index (χ4n) is 4.42. The predicted octanol–water partition coefficient (Wildman–Crippen LogP) is 2.93. The first-order valence-corrected chi connectivity index (χ1v) is 12.7. The van der Waals surface area contributed by atoms with Crippen molar-refractivity contribution in [1.82, 2.24) is 5.32 Å². The Labute approximate surface area is 202 Å². The van der Waals surface area contributed by atoms with Crippen LogP contribution in [0.4, 0.5) is 0 Å². The second kappa shape index (κ2) is 10.1. The lowest BCUT2D eigenvalue weighted by molar-refractivity contribution is -0.102. The fraction of sp³-hybridized carbons (Fsp3) is 0.296. The molecule has 1 aliphatic carbocycles. The van der Waals surface area contributed by atoms with Crippen molar-refractivity contribution in [3.8, 4) is 5.75 Å². The zero-order chi connectivity index (χ0) is 24.3. The summed E-state index contributed by atoms with van der Waals surface area (Å²) in [5.74, 6) is -0.0627. The van der Waals surface area contributed by atoms with Crippen LogP contribution in [0, 0.1) is 6.92 Å². The summed E-state index contributed by atoms with van der Waals surface area (Å²) in [6.07, 6.45) is 1.16. The normalized spacial score (nSPS) is 15.1. The maximum Gasteiger partial charge on any atom is 0.252 e. The van der Waals surface area contributed by atoms with Crippen LogP contribution < -0.4 is 10.1 Å². The number of amides is 1. The molecular weight excluding hydrogens is 450 g/mol. The van der Waals surface area contributed by atoms with E-state index in [9.17, 15) is 19.2 Å². The van der Waals surface area contributed by atoms with Crippen LogP contribution in [0.15, 0.2) is 71.6 Å². The van der Waals surface area contributed by atoms with Gasteiger partial charge in [-0.25, -0.2) is 0 Å². The molecule has 1 unspecified atom stereocenters. The largest absolute Gasteiger partial charge is 0.492 e. The molecule has 178 valence electrons. The minimum atomic E-state index is -1.73. The predicted molar refractivity (Wildman–Crippen MR) is 131 cm³/mol. The van der Waals surface area contributed by atoms with Crippen molar-refractivity contribution in [2.24, 2.45) is 0 Å². The molecule has 6 nitrogen and oxygen atoms in total. The van der Waals surface area contributed by atoms with Gasteiger partial charge in [0.05, 0.1) is 27.8 Å². The quantitative estimate of drug-likeness (QED) is 0.432. The van der Waals surface area contributed by atoms with Gasteiger partial charge in [0.1, 0.15) is 5.75 Å². The third-order valence-electron chi connectivity index (χ3n) is 6.23. The van der Waals surface area contributed by atoms with Crippen molar-refractivity contribution in [3.05, 3.63) is 94.5 Å². The average Bonchev–Trinajstić information content (AvgIpc) is 3.18. The first-order valence-electron chi connectivity index (χ1n) is 11.2. The van der Waals surface area contributed by atoms with Crippen molar-refractivity contribution in [1.29, 1.82) is 0 Å². The number of nitrogens with one attached hydrogen (secondary N) is 1.